The molecule has 0 aromatic heterocycles. The molecule has 0 radical (unpaired) electrons. The standard InChI is InChI=1S/C21H21ClNOP/c1-23-21(24)17-25(22,18-11-5-2-6-12-18,19-13-7-3-8-14-19)20-15-9-4-10-16-20/h2-16H,17H2,1H3,(H,23,24). The van der Waals surface area contributed by atoms with Crippen molar-refractivity contribution >= 4 is 39.0 Å². The summed E-state index contributed by atoms with van der Waals surface area (Å²) in [6.45, 7) is 0. The van der Waals surface area contributed by atoms with Gasteiger partial charge in [0.1, 0.15) is 0 Å². The summed E-state index contributed by atoms with van der Waals surface area (Å²) in [5.74, 6) is -3.52. The van der Waals surface area contributed by atoms with Crippen LogP contribution in [-0.4, -0.2) is 19.1 Å². The summed E-state index contributed by atoms with van der Waals surface area (Å²) >= 11 is 7.72. The zero-order chi connectivity index (χ0) is 17.8. The molecule has 0 heterocycles. The van der Waals surface area contributed by atoms with Crippen LogP contribution in [-0.2, 0) is 4.79 Å². The molecule has 0 bridgehead atoms. The van der Waals surface area contributed by atoms with E-state index in [2.05, 4.69) is 5.32 Å². The van der Waals surface area contributed by atoms with Gasteiger partial charge in [0.15, 0.2) is 0 Å². The van der Waals surface area contributed by atoms with E-state index < -0.39 is 5.96 Å². The minimum absolute atomic E-state index is 0.0655. The van der Waals surface area contributed by atoms with Gasteiger partial charge in [0.25, 0.3) is 0 Å². The summed E-state index contributed by atoms with van der Waals surface area (Å²) in [4.78, 5) is 12.6. The van der Waals surface area contributed by atoms with Crippen LogP contribution in [0.15, 0.2) is 91.0 Å². The van der Waals surface area contributed by atoms with Crippen LogP contribution < -0.4 is 21.2 Å². The molecule has 4 heteroatoms. The predicted octanol–water partition coefficient (Wildman–Crippen LogP) is 3.42. The van der Waals surface area contributed by atoms with Gasteiger partial charge in [0.2, 0.25) is 0 Å². The molecule has 0 aliphatic rings. The second-order valence-corrected chi connectivity index (χ2v) is 12.5. The van der Waals surface area contributed by atoms with Gasteiger partial charge in [-0.3, -0.25) is 0 Å². The van der Waals surface area contributed by atoms with Crippen molar-refractivity contribution in [3.63, 3.8) is 0 Å². The molecule has 3 aromatic rings. The van der Waals surface area contributed by atoms with Gasteiger partial charge in [-0.2, -0.15) is 0 Å². The van der Waals surface area contributed by atoms with Crippen molar-refractivity contribution in [3.8, 4) is 0 Å². The van der Waals surface area contributed by atoms with Crippen LogP contribution in [0.5, 0.6) is 0 Å². The monoisotopic (exact) mass is 369 g/mol. The number of amides is 1. The number of hydrogen-bond donors (Lipinski definition) is 1. The molecule has 2 nitrogen and oxygen atoms in total. The molecule has 0 saturated carbocycles. The van der Waals surface area contributed by atoms with Crippen molar-refractivity contribution in [3.05, 3.63) is 91.0 Å². The van der Waals surface area contributed by atoms with E-state index in [9.17, 15) is 4.79 Å². The first-order valence-corrected chi connectivity index (χ1v) is 11.5. The van der Waals surface area contributed by atoms with E-state index in [-0.39, 0.29) is 12.1 Å². The minimum atomic E-state index is -3.46. The Bertz CT molecular complexity index is 753. The number of rotatable bonds is 5. The van der Waals surface area contributed by atoms with Crippen molar-refractivity contribution in [2.45, 2.75) is 0 Å². The summed E-state index contributed by atoms with van der Waals surface area (Å²) < 4.78 is 0. The maximum atomic E-state index is 12.6. The second kappa shape index (κ2) is 7.00. The Hall–Kier alpha value is -2.15. The Balaban J connectivity index is 2.42. The first-order chi connectivity index (χ1) is 12.1. The summed E-state index contributed by atoms with van der Waals surface area (Å²) in [5.41, 5.74) is 0. The zero-order valence-electron chi connectivity index (χ0n) is 14.1. The van der Waals surface area contributed by atoms with E-state index in [0.717, 1.165) is 15.9 Å². The van der Waals surface area contributed by atoms with Crippen LogP contribution in [0.1, 0.15) is 0 Å². The topological polar surface area (TPSA) is 29.1 Å². The van der Waals surface area contributed by atoms with E-state index in [0.29, 0.717) is 0 Å². The molecule has 1 amide bonds. The molecule has 0 unspecified atom stereocenters. The normalized spacial score (nSPS) is 12.8. The molecule has 128 valence electrons. The summed E-state index contributed by atoms with van der Waals surface area (Å²) in [6, 6.07) is 30.0. The molecule has 1 N–H and O–H groups in total. The molecular weight excluding hydrogens is 349 g/mol. The van der Waals surface area contributed by atoms with Crippen molar-refractivity contribution < 1.29 is 4.79 Å². The fourth-order valence-corrected chi connectivity index (χ4v) is 9.15. The SMILES string of the molecule is CNC(=O)CP(Cl)(c1ccccc1)(c1ccccc1)c1ccccc1. The van der Waals surface area contributed by atoms with Crippen LogP contribution in [0.25, 0.3) is 0 Å². The molecule has 0 aliphatic carbocycles. The third kappa shape index (κ3) is 2.97. The number of halogens is 1. The number of carbonyl (C=O) groups is 1. The number of benzene rings is 3. The Morgan fingerprint density at radius 1 is 0.760 bits per heavy atom. The predicted molar refractivity (Wildman–Crippen MR) is 110 cm³/mol. The van der Waals surface area contributed by atoms with Gasteiger partial charge in [0.05, 0.1) is 0 Å². The summed E-state index contributed by atoms with van der Waals surface area (Å²) in [6.07, 6.45) is 0.224. The van der Waals surface area contributed by atoms with E-state index >= 15 is 0 Å². The van der Waals surface area contributed by atoms with Gasteiger partial charge in [-0.1, -0.05) is 0 Å². The van der Waals surface area contributed by atoms with Crippen LogP contribution in [0.2, 0.25) is 0 Å². The molecule has 0 fully saturated rings. The zero-order valence-corrected chi connectivity index (χ0v) is 15.8. The van der Waals surface area contributed by atoms with Gasteiger partial charge in [-0.25, -0.2) is 0 Å². The Kier molecular flexibility index (Phi) is 4.94. The molecule has 0 saturated heterocycles. The van der Waals surface area contributed by atoms with Crippen LogP contribution in [0.3, 0.4) is 0 Å². The van der Waals surface area contributed by atoms with Crippen molar-refractivity contribution in [2.24, 2.45) is 0 Å². The quantitative estimate of drug-likeness (QED) is 0.686. The van der Waals surface area contributed by atoms with E-state index in [1.54, 1.807) is 7.05 Å². The Morgan fingerprint density at radius 3 is 1.36 bits per heavy atom. The molecule has 0 aliphatic heterocycles. The van der Waals surface area contributed by atoms with E-state index in [1.807, 2.05) is 91.0 Å². The second-order valence-electron chi connectivity index (χ2n) is 6.02. The fraction of sp³-hybridized carbons (Fsp3) is 0.0952. The third-order valence-corrected chi connectivity index (χ3v) is 11.7. The van der Waals surface area contributed by atoms with Gasteiger partial charge in [-0.05, 0) is 0 Å². The summed E-state index contributed by atoms with van der Waals surface area (Å²) in [5, 5.41) is 5.75. The molecule has 0 atom stereocenters. The number of carbonyl (C=O) groups excluding carboxylic acids is 1. The van der Waals surface area contributed by atoms with Crippen molar-refractivity contribution in [1.82, 2.24) is 5.32 Å². The average molecular weight is 370 g/mol. The third-order valence-electron chi connectivity index (χ3n) is 4.60. The Labute approximate surface area is 153 Å². The van der Waals surface area contributed by atoms with Crippen LogP contribution in [0, 0.1) is 0 Å². The van der Waals surface area contributed by atoms with Gasteiger partial charge in [0, 0.05) is 0 Å². The Morgan fingerprint density at radius 2 is 1.08 bits per heavy atom. The van der Waals surface area contributed by atoms with Gasteiger partial charge in [-0.15, -0.1) is 0 Å². The van der Waals surface area contributed by atoms with Gasteiger partial charge < -0.3 is 0 Å². The van der Waals surface area contributed by atoms with E-state index in [4.69, 9.17) is 11.2 Å². The molecule has 3 aromatic carbocycles. The first kappa shape index (κ1) is 17.7. The van der Waals surface area contributed by atoms with E-state index in [1.165, 1.54) is 0 Å². The first-order valence-electron chi connectivity index (χ1n) is 8.20. The summed E-state index contributed by atoms with van der Waals surface area (Å²) in [7, 11) is 1.65. The molecule has 3 rings (SSSR count). The van der Waals surface area contributed by atoms with Crippen molar-refractivity contribution in [2.75, 3.05) is 13.2 Å². The molecule has 25 heavy (non-hydrogen) atoms. The average Bonchev–Trinajstić information content (AvgIpc) is 2.70. The number of hydrogen-bond acceptors (Lipinski definition) is 1. The van der Waals surface area contributed by atoms with Crippen LogP contribution >= 0.6 is 17.2 Å². The van der Waals surface area contributed by atoms with Crippen LogP contribution in [0.4, 0.5) is 0 Å². The molecule has 0 spiro atoms. The maximum absolute atomic E-state index is 12.6. The number of nitrogens with one attached hydrogen (secondary N) is 1. The van der Waals surface area contributed by atoms with Crippen molar-refractivity contribution in [1.29, 1.82) is 0 Å². The molecular formula is C21H21ClNOP. The fourth-order valence-electron chi connectivity index (χ4n) is 3.29. The van der Waals surface area contributed by atoms with Gasteiger partial charge >= 0.3 is 153 Å².